The standard InChI is InChI=1S/C9H14N4O/c1-7(2)10-6-9(14)12-8-4-3-5-11-13-8/h3-5,7,10H,6H2,1-2H3,(H,12,13,14). The number of aromatic nitrogens is 2. The summed E-state index contributed by atoms with van der Waals surface area (Å²) in [6, 6.07) is 3.71. The summed E-state index contributed by atoms with van der Waals surface area (Å²) in [4.78, 5) is 11.3. The van der Waals surface area contributed by atoms with E-state index >= 15 is 0 Å². The van der Waals surface area contributed by atoms with Crippen LogP contribution in [0.25, 0.3) is 0 Å². The van der Waals surface area contributed by atoms with E-state index in [-0.39, 0.29) is 12.5 Å². The molecular formula is C9H14N4O. The van der Waals surface area contributed by atoms with Crippen molar-refractivity contribution < 1.29 is 4.79 Å². The zero-order valence-electron chi connectivity index (χ0n) is 8.32. The molecule has 0 saturated carbocycles. The van der Waals surface area contributed by atoms with Crippen LogP contribution in [0.15, 0.2) is 18.3 Å². The molecule has 0 aliphatic carbocycles. The molecule has 0 aliphatic heterocycles. The van der Waals surface area contributed by atoms with Gasteiger partial charge in [0.2, 0.25) is 5.91 Å². The van der Waals surface area contributed by atoms with Crippen LogP contribution in [0.1, 0.15) is 13.8 Å². The Bertz CT molecular complexity index is 286. The van der Waals surface area contributed by atoms with Crippen LogP contribution in [-0.4, -0.2) is 28.7 Å². The lowest BCUT2D eigenvalue weighted by Crippen LogP contribution is -2.32. The van der Waals surface area contributed by atoms with E-state index < -0.39 is 0 Å². The number of carbonyl (C=O) groups is 1. The molecule has 0 aromatic carbocycles. The number of amides is 1. The second kappa shape index (κ2) is 5.29. The second-order valence-corrected chi connectivity index (χ2v) is 3.19. The molecule has 0 atom stereocenters. The minimum absolute atomic E-state index is 0.112. The number of nitrogens with zero attached hydrogens (tertiary/aromatic N) is 2. The van der Waals surface area contributed by atoms with Crippen LogP contribution in [0.3, 0.4) is 0 Å². The van der Waals surface area contributed by atoms with Crippen LogP contribution < -0.4 is 10.6 Å². The van der Waals surface area contributed by atoms with Gasteiger partial charge in [0.15, 0.2) is 5.82 Å². The van der Waals surface area contributed by atoms with E-state index in [1.54, 1.807) is 18.3 Å². The van der Waals surface area contributed by atoms with Crippen molar-refractivity contribution in [3.8, 4) is 0 Å². The van der Waals surface area contributed by atoms with Gasteiger partial charge in [0.25, 0.3) is 0 Å². The molecule has 76 valence electrons. The van der Waals surface area contributed by atoms with Crippen LogP contribution in [0.5, 0.6) is 0 Å². The lowest BCUT2D eigenvalue weighted by atomic mass is 10.4. The van der Waals surface area contributed by atoms with Crippen molar-refractivity contribution in [2.75, 3.05) is 11.9 Å². The van der Waals surface area contributed by atoms with Gasteiger partial charge in [-0.2, -0.15) is 5.10 Å². The highest BCUT2D eigenvalue weighted by atomic mass is 16.2. The highest BCUT2D eigenvalue weighted by Gasteiger charge is 2.02. The molecule has 1 heterocycles. The Morgan fingerprint density at radius 3 is 2.93 bits per heavy atom. The number of anilines is 1. The van der Waals surface area contributed by atoms with Crippen LogP contribution in [-0.2, 0) is 4.79 Å². The fraction of sp³-hybridized carbons (Fsp3) is 0.444. The zero-order valence-corrected chi connectivity index (χ0v) is 8.32. The summed E-state index contributed by atoms with van der Waals surface area (Å²) in [5.74, 6) is 0.363. The van der Waals surface area contributed by atoms with E-state index in [0.29, 0.717) is 11.9 Å². The SMILES string of the molecule is CC(C)NCC(=O)Nc1cccnn1. The Kier molecular flexibility index (Phi) is 4.00. The van der Waals surface area contributed by atoms with Gasteiger partial charge in [0.05, 0.1) is 6.54 Å². The maximum atomic E-state index is 11.3. The summed E-state index contributed by atoms with van der Waals surface area (Å²) >= 11 is 0. The molecule has 0 aliphatic rings. The van der Waals surface area contributed by atoms with Crippen molar-refractivity contribution in [2.45, 2.75) is 19.9 Å². The zero-order chi connectivity index (χ0) is 10.4. The van der Waals surface area contributed by atoms with Gasteiger partial charge in [0, 0.05) is 12.2 Å². The van der Waals surface area contributed by atoms with Crippen molar-refractivity contribution in [1.29, 1.82) is 0 Å². The fourth-order valence-corrected chi connectivity index (χ4v) is 0.852. The topological polar surface area (TPSA) is 66.9 Å². The Hall–Kier alpha value is -1.49. The second-order valence-electron chi connectivity index (χ2n) is 3.19. The molecule has 0 bridgehead atoms. The van der Waals surface area contributed by atoms with Gasteiger partial charge >= 0.3 is 0 Å². The minimum atomic E-state index is -0.112. The summed E-state index contributed by atoms with van der Waals surface area (Å²) in [6.07, 6.45) is 1.56. The fourth-order valence-electron chi connectivity index (χ4n) is 0.852. The smallest absolute Gasteiger partial charge is 0.239 e. The van der Waals surface area contributed by atoms with Crippen molar-refractivity contribution >= 4 is 11.7 Å². The molecule has 0 unspecified atom stereocenters. The first-order valence-corrected chi connectivity index (χ1v) is 4.49. The van der Waals surface area contributed by atoms with Gasteiger partial charge in [-0.25, -0.2) is 0 Å². The lowest BCUT2D eigenvalue weighted by molar-refractivity contribution is -0.115. The molecule has 0 spiro atoms. The van der Waals surface area contributed by atoms with Gasteiger partial charge < -0.3 is 10.6 Å². The third kappa shape index (κ3) is 3.95. The molecule has 14 heavy (non-hydrogen) atoms. The molecule has 1 aromatic heterocycles. The number of nitrogens with one attached hydrogen (secondary N) is 2. The number of rotatable bonds is 4. The summed E-state index contributed by atoms with van der Waals surface area (Å²) in [5, 5.41) is 13.0. The Morgan fingerprint density at radius 1 is 1.57 bits per heavy atom. The first kappa shape index (κ1) is 10.6. The largest absolute Gasteiger partial charge is 0.308 e. The number of hydrogen-bond donors (Lipinski definition) is 2. The van der Waals surface area contributed by atoms with Gasteiger partial charge in [-0.15, -0.1) is 5.10 Å². The Labute approximate surface area is 82.9 Å². The number of hydrogen-bond acceptors (Lipinski definition) is 4. The third-order valence-corrected chi connectivity index (χ3v) is 1.51. The molecular weight excluding hydrogens is 180 g/mol. The summed E-state index contributed by atoms with van der Waals surface area (Å²) in [7, 11) is 0. The van der Waals surface area contributed by atoms with E-state index in [1.807, 2.05) is 13.8 Å². The quantitative estimate of drug-likeness (QED) is 0.728. The van der Waals surface area contributed by atoms with Crippen molar-refractivity contribution in [1.82, 2.24) is 15.5 Å². The highest BCUT2D eigenvalue weighted by molar-refractivity contribution is 5.91. The highest BCUT2D eigenvalue weighted by Crippen LogP contribution is 1.96. The Morgan fingerprint density at radius 2 is 2.36 bits per heavy atom. The van der Waals surface area contributed by atoms with Gasteiger partial charge in [-0.1, -0.05) is 13.8 Å². The Balaban J connectivity index is 2.35. The van der Waals surface area contributed by atoms with Crippen LogP contribution in [0, 0.1) is 0 Å². The molecule has 2 N–H and O–H groups in total. The van der Waals surface area contributed by atoms with E-state index in [9.17, 15) is 4.79 Å². The maximum Gasteiger partial charge on any atom is 0.239 e. The van der Waals surface area contributed by atoms with Crippen LogP contribution >= 0.6 is 0 Å². The summed E-state index contributed by atoms with van der Waals surface area (Å²) in [5.41, 5.74) is 0. The maximum absolute atomic E-state index is 11.3. The molecule has 5 heteroatoms. The normalized spacial score (nSPS) is 10.2. The monoisotopic (exact) mass is 194 g/mol. The van der Waals surface area contributed by atoms with Crippen molar-refractivity contribution in [3.63, 3.8) is 0 Å². The minimum Gasteiger partial charge on any atom is -0.308 e. The molecule has 0 fully saturated rings. The predicted octanol–water partition coefficient (Wildman–Crippen LogP) is 0.413. The summed E-state index contributed by atoms with van der Waals surface area (Å²) < 4.78 is 0. The lowest BCUT2D eigenvalue weighted by Gasteiger charge is -2.07. The molecule has 5 nitrogen and oxygen atoms in total. The van der Waals surface area contributed by atoms with E-state index in [2.05, 4.69) is 20.8 Å². The van der Waals surface area contributed by atoms with Gasteiger partial charge in [-0.3, -0.25) is 4.79 Å². The van der Waals surface area contributed by atoms with Crippen molar-refractivity contribution in [2.24, 2.45) is 0 Å². The molecule has 0 saturated heterocycles. The first-order valence-electron chi connectivity index (χ1n) is 4.49. The van der Waals surface area contributed by atoms with Gasteiger partial charge in [0.1, 0.15) is 0 Å². The average molecular weight is 194 g/mol. The summed E-state index contributed by atoms with van der Waals surface area (Å²) in [6.45, 7) is 4.25. The average Bonchev–Trinajstić information content (AvgIpc) is 2.16. The van der Waals surface area contributed by atoms with E-state index in [0.717, 1.165) is 0 Å². The van der Waals surface area contributed by atoms with Crippen molar-refractivity contribution in [3.05, 3.63) is 18.3 Å². The first-order chi connectivity index (χ1) is 6.68. The molecule has 0 radical (unpaired) electrons. The predicted molar refractivity (Wildman–Crippen MR) is 53.8 cm³/mol. The molecule has 1 amide bonds. The van der Waals surface area contributed by atoms with Crippen LogP contribution in [0.2, 0.25) is 0 Å². The van der Waals surface area contributed by atoms with Crippen LogP contribution in [0.4, 0.5) is 5.82 Å². The van der Waals surface area contributed by atoms with E-state index in [1.165, 1.54) is 0 Å². The molecule has 1 rings (SSSR count). The third-order valence-electron chi connectivity index (χ3n) is 1.51. The van der Waals surface area contributed by atoms with Gasteiger partial charge in [-0.05, 0) is 12.1 Å². The number of carbonyl (C=O) groups excluding carboxylic acids is 1. The van der Waals surface area contributed by atoms with E-state index in [4.69, 9.17) is 0 Å². The molecule has 1 aromatic rings.